The molecule has 0 heterocycles. The van der Waals surface area contributed by atoms with Crippen molar-refractivity contribution in [2.45, 2.75) is 38.4 Å². The van der Waals surface area contributed by atoms with Gasteiger partial charge in [0.25, 0.3) is 0 Å². The van der Waals surface area contributed by atoms with Crippen molar-refractivity contribution in [1.82, 2.24) is 0 Å². The Labute approximate surface area is 102 Å². The predicted molar refractivity (Wildman–Crippen MR) is 77.2 cm³/mol. The van der Waals surface area contributed by atoms with Crippen molar-refractivity contribution in [3.8, 4) is 0 Å². The van der Waals surface area contributed by atoms with Crippen LogP contribution >= 0.6 is 21.6 Å². The van der Waals surface area contributed by atoms with E-state index in [9.17, 15) is 0 Å². The van der Waals surface area contributed by atoms with Gasteiger partial charge in [0, 0.05) is 4.75 Å². The van der Waals surface area contributed by atoms with Crippen LogP contribution in [0.5, 0.6) is 0 Å². The Morgan fingerprint density at radius 2 is 1.80 bits per heavy atom. The standard InChI is InChI=1S/C13H22S2/c1-4-5-11-15(14)13(2,3)12-9-7-6-8-10-12/h6-10,14-15H,4-5,11H2,1-3H3. The van der Waals surface area contributed by atoms with Crippen LogP contribution < -0.4 is 0 Å². The van der Waals surface area contributed by atoms with Crippen molar-refractivity contribution in [1.29, 1.82) is 0 Å². The maximum absolute atomic E-state index is 4.82. The summed E-state index contributed by atoms with van der Waals surface area (Å²) >= 11 is 4.82. The molecule has 1 unspecified atom stereocenters. The molecule has 1 atom stereocenters. The monoisotopic (exact) mass is 242 g/mol. The molecule has 1 aromatic carbocycles. The van der Waals surface area contributed by atoms with Crippen LogP contribution in [0.1, 0.15) is 39.2 Å². The number of thiol groups is 2. The van der Waals surface area contributed by atoms with Gasteiger partial charge in [-0.2, -0.15) is 9.93 Å². The normalized spacial score (nSPS) is 15.1. The van der Waals surface area contributed by atoms with Gasteiger partial charge in [-0.25, -0.2) is 0 Å². The van der Waals surface area contributed by atoms with Gasteiger partial charge in [0.05, 0.1) is 0 Å². The number of unbranched alkanes of at least 4 members (excludes halogenated alkanes) is 1. The summed E-state index contributed by atoms with van der Waals surface area (Å²) in [6.07, 6.45) is 2.57. The van der Waals surface area contributed by atoms with Crippen molar-refractivity contribution in [3.63, 3.8) is 0 Å². The first kappa shape index (κ1) is 13.0. The van der Waals surface area contributed by atoms with Crippen LogP contribution in [-0.2, 0) is 4.75 Å². The Morgan fingerprint density at radius 3 is 2.33 bits per heavy atom. The molecule has 0 bridgehead atoms. The molecule has 0 spiro atoms. The third kappa shape index (κ3) is 3.46. The number of hydrogen-bond donors (Lipinski definition) is 2. The van der Waals surface area contributed by atoms with Crippen LogP contribution in [0.3, 0.4) is 0 Å². The maximum atomic E-state index is 4.82. The molecule has 0 aliphatic carbocycles. The number of rotatable bonds is 5. The first-order valence-electron chi connectivity index (χ1n) is 5.61. The van der Waals surface area contributed by atoms with Crippen molar-refractivity contribution in [2.24, 2.45) is 0 Å². The fraction of sp³-hybridized carbons (Fsp3) is 0.538. The highest BCUT2D eigenvalue weighted by atomic mass is 33.1. The molecule has 1 aromatic rings. The molecule has 2 heteroatoms. The average molecular weight is 242 g/mol. The molecule has 0 fully saturated rings. The van der Waals surface area contributed by atoms with Gasteiger partial charge in [0.1, 0.15) is 0 Å². The summed E-state index contributed by atoms with van der Waals surface area (Å²) < 4.78 is 0.231. The van der Waals surface area contributed by atoms with Crippen LogP contribution in [-0.4, -0.2) is 5.75 Å². The zero-order valence-electron chi connectivity index (χ0n) is 9.90. The molecular formula is C13H22S2. The highest BCUT2D eigenvalue weighted by molar-refractivity contribution is 8.78. The summed E-state index contributed by atoms with van der Waals surface area (Å²) in [5.74, 6) is 1.26. The molecule has 0 saturated heterocycles. The fourth-order valence-electron chi connectivity index (χ4n) is 1.58. The topological polar surface area (TPSA) is 0 Å². The zero-order chi connectivity index (χ0) is 11.3. The lowest BCUT2D eigenvalue weighted by molar-refractivity contribution is 0.773. The van der Waals surface area contributed by atoms with Gasteiger partial charge in [-0.1, -0.05) is 43.7 Å². The summed E-state index contributed by atoms with van der Waals surface area (Å²) in [5.41, 5.74) is 1.42. The van der Waals surface area contributed by atoms with E-state index in [0.29, 0.717) is 0 Å². The molecule has 0 aliphatic heterocycles. The quantitative estimate of drug-likeness (QED) is 0.548. The van der Waals surface area contributed by atoms with Crippen LogP contribution in [0.15, 0.2) is 30.3 Å². The second-order valence-corrected chi connectivity index (χ2v) is 8.21. The Balaban J connectivity index is 2.73. The summed E-state index contributed by atoms with van der Waals surface area (Å²) in [4.78, 5) is 0. The second kappa shape index (κ2) is 5.86. The fourth-order valence-corrected chi connectivity index (χ4v) is 3.98. The van der Waals surface area contributed by atoms with Gasteiger partial charge >= 0.3 is 0 Å². The molecule has 0 amide bonds. The molecule has 0 aromatic heterocycles. The Hall–Kier alpha value is -0.0800. The smallest absolute Gasteiger partial charge is 0.0251 e. The summed E-state index contributed by atoms with van der Waals surface area (Å²) in [6.45, 7) is 6.87. The molecule has 0 nitrogen and oxygen atoms in total. The maximum Gasteiger partial charge on any atom is 0.0251 e. The van der Waals surface area contributed by atoms with E-state index >= 15 is 0 Å². The lowest BCUT2D eigenvalue weighted by Gasteiger charge is -2.35. The SMILES string of the molecule is CCCC[SH](S)C(C)(C)c1ccccc1. The van der Waals surface area contributed by atoms with Gasteiger partial charge in [-0.15, -0.1) is 11.7 Å². The van der Waals surface area contributed by atoms with E-state index in [1.54, 1.807) is 0 Å². The van der Waals surface area contributed by atoms with Crippen molar-refractivity contribution < 1.29 is 0 Å². The largest absolute Gasteiger partial charge is 0.198 e. The van der Waals surface area contributed by atoms with E-state index in [4.69, 9.17) is 11.7 Å². The third-order valence-corrected chi connectivity index (χ3v) is 7.24. The predicted octanol–water partition coefficient (Wildman–Crippen LogP) is 4.57. The molecule has 15 heavy (non-hydrogen) atoms. The first-order valence-corrected chi connectivity index (χ1v) is 8.29. The molecule has 86 valence electrons. The second-order valence-electron chi connectivity index (χ2n) is 4.40. The van der Waals surface area contributed by atoms with Gasteiger partial charge in [-0.3, -0.25) is 0 Å². The molecule has 1 rings (SSSR count). The lowest BCUT2D eigenvalue weighted by Crippen LogP contribution is -2.16. The Bertz CT molecular complexity index is 280. The van der Waals surface area contributed by atoms with E-state index in [2.05, 4.69) is 51.1 Å². The van der Waals surface area contributed by atoms with Crippen molar-refractivity contribution in [3.05, 3.63) is 35.9 Å². The zero-order valence-corrected chi connectivity index (χ0v) is 11.7. The number of benzene rings is 1. The molecule has 0 N–H and O–H groups in total. The van der Waals surface area contributed by atoms with E-state index < -0.39 is 0 Å². The van der Waals surface area contributed by atoms with Crippen molar-refractivity contribution in [2.75, 3.05) is 5.75 Å². The van der Waals surface area contributed by atoms with E-state index in [-0.39, 0.29) is 14.7 Å². The summed E-state index contributed by atoms with van der Waals surface area (Å²) in [5, 5.41) is 0. The van der Waals surface area contributed by atoms with E-state index in [1.807, 2.05) is 0 Å². The Morgan fingerprint density at radius 1 is 1.20 bits per heavy atom. The minimum absolute atomic E-state index is 0.212. The minimum Gasteiger partial charge on any atom is -0.198 e. The highest BCUT2D eigenvalue weighted by Gasteiger charge is 2.25. The van der Waals surface area contributed by atoms with Crippen LogP contribution in [0.2, 0.25) is 0 Å². The number of hydrogen-bond acceptors (Lipinski definition) is 1. The lowest BCUT2D eigenvalue weighted by atomic mass is 10.0. The molecule has 0 aliphatic rings. The van der Waals surface area contributed by atoms with Gasteiger partial charge in [0.2, 0.25) is 0 Å². The van der Waals surface area contributed by atoms with Crippen LogP contribution in [0.4, 0.5) is 0 Å². The van der Waals surface area contributed by atoms with Crippen LogP contribution in [0.25, 0.3) is 0 Å². The summed E-state index contributed by atoms with van der Waals surface area (Å²) in [6, 6.07) is 10.8. The highest BCUT2D eigenvalue weighted by Crippen LogP contribution is 2.51. The van der Waals surface area contributed by atoms with Crippen LogP contribution in [0, 0.1) is 0 Å². The molecular weight excluding hydrogens is 220 g/mol. The van der Waals surface area contributed by atoms with Crippen molar-refractivity contribution >= 4 is 21.6 Å². The van der Waals surface area contributed by atoms with E-state index in [0.717, 1.165) is 0 Å². The third-order valence-electron chi connectivity index (χ3n) is 2.85. The molecule has 0 radical (unpaired) electrons. The molecule has 0 saturated carbocycles. The van der Waals surface area contributed by atoms with E-state index in [1.165, 1.54) is 24.2 Å². The van der Waals surface area contributed by atoms with Gasteiger partial charge in [0.15, 0.2) is 0 Å². The Kier molecular flexibility index (Phi) is 5.07. The van der Waals surface area contributed by atoms with Gasteiger partial charge < -0.3 is 0 Å². The average Bonchev–Trinajstić information content (AvgIpc) is 2.27. The summed E-state index contributed by atoms with van der Waals surface area (Å²) in [7, 11) is -0.212. The minimum atomic E-state index is -0.212. The first-order chi connectivity index (χ1) is 7.09. The van der Waals surface area contributed by atoms with Gasteiger partial charge in [-0.05, 0) is 31.6 Å².